The van der Waals surface area contributed by atoms with Gasteiger partial charge in [-0.25, -0.2) is 0 Å². The minimum atomic E-state index is 0.0647. The first-order chi connectivity index (χ1) is 6.49. The first-order valence-electron chi connectivity index (χ1n) is 5.38. The number of hydrogen-bond donors (Lipinski definition) is 0. The van der Waals surface area contributed by atoms with Gasteiger partial charge in [-0.2, -0.15) is 0 Å². The molecule has 14 heavy (non-hydrogen) atoms. The molecule has 0 aliphatic heterocycles. The van der Waals surface area contributed by atoms with Gasteiger partial charge in [0.25, 0.3) is 0 Å². The third-order valence-corrected chi connectivity index (χ3v) is 2.48. The number of ketones is 1. The fourth-order valence-corrected chi connectivity index (χ4v) is 1.37. The van der Waals surface area contributed by atoms with Gasteiger partial charge in [-0.3, -0.25) is 9.69 Å². The predicted octanol–water partition coefficient (Wildman–Crippen LogP) is 1.24. The van der Waals surface area contributed by atoms with Crippen molar-refractivity contribution in [2.75, 3.05) is 33.7 Å². The van der Waals surface area contributed by atoms with Gasteiger partial charge in [0.05, 0.1) is 6.04 Å². The van der Waals surface area contributed by atoms with E-state index in [4.69, 9.17) is 0 Å². The summed E-state index contributed by atoms with van der Waals surface area (Å²) in [5, 5.41) is 0. The highest BCUT2D eigenvalue weighted by Gasteiger charge is 2.16. The fourth-order valence-electron chi connectivity index (χ4n) is 1.37. The molecular formula is C11H24N2O. The Bertz CT molecular complexity index is 169. The van der Waals surface area contributed by atoms with Gasteiger partial charge in [-0.05, 0) is 40.9 Å². The quantitative estimate of drug-likeness (QED) is 0.618. The number of carbonyl (C=O) groups is 1. The molecule has 3 heteroatoms. The van der Waals surface area contributed by atoms with E-state index >= 15 is 0 Å². The van der Waals surface area contributed by atoms with Crippen LogP contribution in [-0.2, 0) is 4.79 Å². The molecule has 0 fully saturated rings. The number of Topliss-reactive ketones (excluding diaryl/α,β-unsaturated/α-hetero) is 1. The normalized spacial score (nSPS) is 13.6. The summed E-state index contributed by atoms with van der Waals surface area (Å²) in [7, 11) is 4.12. The highest BCUT2D eigenvalue weighted by Crippen LogP contribution is 2.01. The van der Waals surface area contributed by atoms with E-state index in [9.17, 15) is 4.79 Å². The number of carbonyl (C=O) groups excluding carboxylic acids is 1. The van der Waals surface area contributed by atoms with Crippen LogP contribution in [0.15, 0.2) is 0 Å². The second-order valence-corrected chi connectivity index (χ2v) is 4.13. The van der Waals surface area contributed by atoms with E-state index in [1.165, 1.54) is 0 Å². The van der Waals surface area contributed by atoms with Crippen molar-refractivity contribution in [3.63, 3.8) is 0 Å². The topological polar surface area (TPSA) is 23.6 Å². The Balaban J connectivity index is 4.06. The molecule has 0 bridgehead atoms. The number of nitrogens with zero attached hydrogens (tertiary/aromatic N) is 2. The zero-order valence-electron chi connectivity index (χ0n) is 10.2. The molecule has 0 spiro atoms. The molecule has 0 saturated heterocycles. The van der Waals surface area contributed by atoms with Crippen LogP contribution in [0.2, 0.25) is 0 Å². The average molecular weight is 200 g/mol. The Labute approximate surface area is 88.1 Å². The van der Waals surface area contributed by atoms with Crippen molar-refractivity contribution in [1.82, 2.24) is 9.80 Å². The molecule has 0 aromatic carbocycles. The minimum Gasteiger partial charge on any atom is -0.308 e. The summed E-state index contributed by atoms with van der Waals surface area (Å²) in [5.74, 6) is 0.261. The first-order valence-corrected chi connectivity index (χ1v) is 5.38. The monoisotopic (exact) mass is 200 g/mol. The second kappa shape index (κ2) is 6.96. The first kappa shape index (κ1) is 13.6. The van der Waals surface area contributed by atoms with Crippen LogP contribution < -0.4 is 0 Å². The Morgan fingerprint density at radius 3 is 2.14 bits per heavy atom. The molecule has 0 aromatic rings. The van der Waals surface area contributed by atoms with Gasteiger partial charge in [0.2, 0.25) is 0 Å². The van der Waals surface area contributed by atoms with Crippen molar-refractivity contribution in [3.05, 3.63) is 0 Å². The molecule has 0 aliphatic carbocycles. The van der Waals surface area contributed by atoms with Gasteiger partial charge >= 0.3 is 0 Å². The lowest BCUT2D eigenvalue weighted by molar-refractivity contribution is -0.121. The highest BCUT2D eigenvalue weighted by molar-refractivity contribution is 5.80. The van der Waals surface area contributed by atoms with Gasteiger partial charge in [0.1, 0.15) is 5.78 Å². The second-order valence-electron chi connectivity index (χ2n) is 4.13. The molecular weight excluding hydrogens is 176 g/mol. The zero-order valence-corrected chi connectivity index (χ0v) is 10.2. The van der Waals surface area contributed by atoms with Crippen LogP contribution in [0.5, 0.6) is 0 Å². The molecule has 0 heterocycles. The van der Waals surface area contributed by atoms with Crippen LogP contribution in [0.4, 0.5) is 0 Å². The van der Waals surface area contributed by atoms with Crippen LogP contribution in [0, 0.1) is 0 Å². The summed E-state index contributed by atoms with van der Waals surface area (Å²) in [5.41, 5.74) is 0. The average Bonchev–Trinajstić information content (AvgIpc) is 2.10. The summed E-state index contributed by atoms with van der Waals surface area (Å²) in [6, 6.07) is 0.0647. The third kappa shape index (κ3) is 5.35. The standard InChI is InChI=1S/C11H24N2O/c1-6-7-13(9-8-12(4)5)10(2)11(3)14/h10H,6-9H2,1-5H3. The van der Waals surface area contributed by atoms with E-state index in [-0.39, 0.29) is 11.8 Å². The van der Waals surface area contributed by atoms with Crippen molar-refractivity contribution in [1.29, 1.82) is 0 Å². The molecule has 1 unspecified atom stereocenters. The van der Waals surface area contributed by atoms with Crippen molar-refractivity contribution in [2.24, 2.45) is 0 Å². The maximum atomic E-state index is 11.2. The molecule has 0 N–H and O–H groups in total. The van der Waals surface area contributed by atoms with Gasteiger partial charge < -0.3 is 4.90 Å². The van der Waals surface area contributed by atoms with Crippen molar-refractivity contribution in [3.8, 4) is 0 Å². The summed E-state index contributed by atoms with van der Waals surface area (Å²) >= 11 is 0. The minimum absolute atomic E-state index is 0.0647. The maximum absolute atomic E-state index is 11.2. The summed E-state index contributed by atoms with van der Waals surface area (Å²) in [4.78, 5) is 15.7. The van der Waals surface area contributed by atoms with Crippen LogP contribution in [0.1, 0.15) is 27.2 Å². The number of likely N-dealkylation sites (N-methyl/N-ethyl adjacent to an activating group) is 1. The van der Waals surface area contributed by atoms with E-state index in [1.807, 2.05) is 6.92 Å². The summed E-state index contributed by atoms with van der Waals surface area (Å²) < 4.78 is 0. The van der Waals surface area contributed by atoms with Gasteiger partial charge in [0, 0.05) is 13.1 Å². The Morgan fingerprint density at radius 1 is 1.21 bits per heavy atom. The zero-order chi connectivity index (χ0) is 11.1. The maximum Gasteiger partial charge on any atom is 0.146 e. The van der Waals surface area contributed by atoms with E-state index < -0.39 is 0 Å². The lowest BCUT2D eigenvalue weighted by Crippen LogP contribution is -2.42. The van der Waals surface area contributed by atoms with Crippen LogP contribution in [-0.4, -0.2) is 55.4 Å². The summed E-state index contributed by atoms with van der Waals surface area (Å²) in [6.07, 6.45) is 1.10. The Kier molecular flexibility index (Phi) is 6.75. The molecule has 3 nitrogen and oxygen atoms in total. The summed E-state index contributed by atoms with van der Waals surface area (Å²) in [6.45, 7) is 8.81. The van der Waals surface area contributed by atoms with Crippen LogP contribution in [0.3, 0.4) is 0 Å². The molecule has 0 radical (unpaired) electrons. The van der Waals surface area contributed by atoms with Crippen LogP contribution >= 0.6 is 0 Å². The van der Waals surface area contributed by atoms with Crippen molar-refractivity contribution < 1.29 is 4.79 Å². The fraction of sp³-hybridized carbons (Fsp3) is 0.909. The molecule has 0 aromatic heterocycles. The number of hydrogen-bond acceptors (Lipinski definition) is 3. The van der Waals surface area contributed by atoms with Gasteiger partial charge in [-0.15, -0.1) is 0 Å². The van der Waals surface area contributed by atoms with Crippen molar-refractivity contribution >= 4 is 5.78 Å². The van der Waals surface area contributed by atoms with Gasteiger partial charge in [0.15, 0.2) is 0 Å². The molecule has 0 aliphatic rings. The largest absolute Gasteiger partial charge is 0.308 e. The van der Waals surface area contributed by atoms with Crippen molar-refractivity contribution in [2.45, 2.75) is 33.2 Å². The molecule has 0 amide bonds. The van der Waals surface area contributed by atoms with E-state index in [0.717, 1.165) is 26.1 Å². The van der Waals surface area contributed by atoms with E-state index in [1.54, 1.807) is 6.92 Å². The molecule has 1 atom stereocenters. The third-order valence-electron chi connectivity index (χ3n) is 2.48. The van der Waals surface area contributed by atoms with E-state index in [2.05, 4.69) is 30.8 Å². The van der Waals surface area contributed by atoms with Gasteiger partial charge in [-0.1, -0.05) is 6.92 Å². The smallest absolute Gasteiger partial charge is 0.146 e. The Morgan fingerprint density at radius 2 is 1.79 bits per heavy atom. The van der Waals surface area contributed by atoms with E-state index in [0.29, 0.717) is 0 Å². The number of rotatable bonds is 7. The SMILES string of the molecule is CCCN(CCN(C)C)C(C)C(C)=O. The van der Waals surface area contributed by atoms with Crippen LogP contribution in [0.25, 0.3) is 0 Å². The molecule has 0 saturated carbocycles. The predicted molar refractivity (Wildman–Crippen MR) is 60.6 cm³/mol. The highest BCUT2D eigenvalue weighted by atomic mass is 16.1. The Hall–Kier alpha value is -0.410. The molecule has 84 valence electrons. The lowest BCUT2D eigenvalue weighted by atomic mass is 10.2. The molecule has 0 rings (SSSR count). The lowest BCUT2D eigenvalue weighted by Gasteiger charge is -2.28.